The number of nitrogens with zero attached hydrogens (tertiary/aromatic N) is 2. The molecule has 3 aromatic rings. The van der Waals surface area contributed by atoms with E-state index in [0.717, 1.165) is 32.5 Å². The molecule has 118 valence electrons. The molecule has 0 spiro atoms. The molecule has 2 aromatic carbocycles. The van der Waals surface area contributed by atoms with Crippen molar-refractivity contribution in [2.75, 3.05) is 0 Å². The lowest BCUT2D eigenvalue weighted by Crippen LogP contribution is -1.98. The van der Waals surface area contributed by atoms with Crippen LogP contribution >= 0.6 is 15.9 Å². The van der Waals surface area contributed by atoms with Gasteiger partial charge in [0.15, 0.2) is 6.61 Å². The van der Waals surface area contributed by atoms with E-state index in [0.29, 0.717) is 11.7 Å². The maximum absolute atomic E-state index is 5.82. The smallest absolute Gasteiger partial charge is 0.264 e. The lowest BCUT2D eigenvalue weighted by Gasteiger charge is -2.09. The van der Waals surface area contributed by atoms with Gasteiger partial charge in [0.1, 0.15) is 5.75 Å². The van der Waals surface area contributed by atoms with Crippen LogP contribution in [0.4, 0.5) is 0 Å². The van der Waals surface area contributed by atoms with Crippen LogP contribution < -0.4 is 4.74 Å². The first-order valence-electron chi connectivity index (χ1n) is 7.32. The molecule has 0 aliphatic heterocycles. The van der Waals surface area contributed by atoms with Gasteiger partial charge in [-0.25, -0.2) is 0 Å². The number of hydrogen-bond donors (Lipinski definition) is 0. The lowest BCUT2D eigenvalue weighted by molar-refractivity contribution is 0.241. The molecule has 0 aliphatic carbocycles. The number of halogens is 1. The second kappa shape index (κ2) is 6.54. The summed E-state index contributed by atoms with van der Waals surface area (Å²) in [6.45, 7) is 6.31. The summed E-state index contributed by atoms with van der Waals surface area (Å²) in [4.78, 5) is 4.41. The van der Waals surface area contributed by atoms with Crippen LogP contribution in [0.1, 0.15) is 22.6 Å². The molecule has 0 saturated carbocycles. The zero-order chi connectivity index (χ0) is 16.4. The monoisotopic (exact) mass is 372 g/mol. The Balaban J connectivity index is 1.76. The molecule has 0 unspecified atom stereocenters. The van der Waals surface area contributed by atoms with E-state index < -0.39 is 0 Å². The van der Waals surface area contributed by atoms with Crippen LogP contribution in [0, 0.1) is 20.8 Å². The fourth-order valence-electron chi connectivity index (χ4n) is 2.30. The minimum Gasteiger partial charge on any atom is -0.483 e. The van der Waals surface area contributed by atoms with Crippen molar-refractivity contribution in [3.8, 4) is 17.1 Å². The van der Waals surface area contributed by atoms with Gasteiger partial charge in [-0.3, -0.25) is 0 Å². The van der Waals surface area contributed by atoms with Crippen molar-refractivity contribution in [3.05, 3.63) is 63.5 Å². The van der Waals surface area contributed by atoms with Gasteiger partial charge in [-0.2, -0.15) is 4.98 Å². The Kier molecular flexibility index (Phi) is 4.48. The predicted octanol–water partition coefficient (Wildman–Crippen LogP) is 5.00. The van der Waals surface area contributed by atoms with Crippen molar-refractivity contribution in [2.45, 2.75) is 27.4 Å². The van der Waals surface area contributed by atoms with E-state index in [1.807, 2.05) is 57.2 Å². The van der Waals surface area contributed by atoms with E-state index in [4.69, 9.17) is 9.26 Å². The lowest BCUT2D eigenvalue weighted by atomic mass is 10.1. The standard InChI is InChI=1S/C18H17BrN2O2/c1-11-6-4-5-7-14(11)18-20-17(23-21-18)10-22-16-9-12(2)15(19)8-13(16)3/h4-9H,10H2,1-3H3. The molecular weight excluding hydrogens is 356 g/mol. The largest absolute Gasteiger partial charge is 0.483 e. The van der Waals surface area contributed by atoms with Crippen LogP contribution in [0.5, 0.6) is 5.75 Å². The quantitative estimate of drug-likeness (QED) is 0.646. The maximum Gasteiger partial charge on any atom is 0.264 e. The molecule has 23 heavy (non-hydrogen) atoms. The first-order chi connectivity index (χ1) is 11.0. The normalized spacial score (nSPS) is 10.8. The summed E-state index contributed by atoms with van der Waals surface area (Å²) in [7, 11) is 0. The molecule has 0 fully saturated rings. The minimum absolute atomic E-state index is 0.251. The molecule has 0 aliphatic rings. The second-order valence-electron chi connectivity index (χ2n) is 5.48. The first kappa shape index (κ1) is 15.7. The van der Waals surface area contributed by atoms with Crippen LogP contribution in [0.2, 0.25) is 0 Å². The van der Waals surface area contributed by atoms with Crippen molar-refractivity contribution in [1.82, 2.24) is 10.1 Å². The average Bonchev–Trinajstić information content (AvgIpc) is 2.99. The predicted molar refractivity (Wildman–Crippen MR) is 92.4 cm³/mol. The minimum atomic E-state index is 0.251. The molecule has 0 amide bonds. The van der Waals surface area contributed by atoms with Crippen LogP contribution in [0.15, 0.2) is 45.4 Å². The Bertz CT molecular complexity index is 843. The Morgan fingerprint density at radius 1 is 1.04 bits per heavy atom. The zero-order valence-electron chi connectivity index (χ0n) is 13.3. The number of hydrogen-bond acceptors (Lipinski definition) is 4. The van der Waals surface area contributed by atoms with Gasteiger partial charge in [-0.05, 0) is 49.6 Å². The molecule has 0 atom stereocenters. The van der Waals surface area contributed by atoms with Gasteiger partial charge < -0.3 is 9.26 Å². The number of benzene rings is 2. The van der Waals surface area contributed by atoms with E-state index in [2.05, 4.69) is 26.1 Å². The average molecular weight is 373 g/mol. The molecule has 0 N–H and O–H groups in total. The highest BCUT2D eigenvalue weighted by Gasteiger charge is 2.12. The van der Waals surface area contributed by atoms with Gasteiger partial charge >= 0.3 is 0 Å². The van der Waals surface area contributed by atoms with E-state index in [1.165, 1.54) is 0 Å². The first-order valence-corrected chi connectivity index (χ1v) is 8.12. The number of aromatic nitrogens is 2. The molecule has 1 aromatic heterocycles. The highest BCUT2D eigenvalue weighted by molar-refractivity contribution is 9.10. The summed E-state index contributed by atoms with van der Waals surface area (Å²) >= 11 is 3.52. The van der Waals surface area contributed by atoms with Gasteiger partial charge in [-0.15, -0.1) is 0 Å². The SMILES string of the molecule is Cc1cc(OCc2nc(-c3ccccc3C)no2)c(C)cc1Br. The third kappa shape index (κ3) is 3.45. The maximum atomic E-state index is 5.82. The molecule has 0 radical (unpaired) electrons. The zero-order valence-corrected chi connectivity index (χ0v) is 14.8. The molecule has 1 heterocycles. The number of rotatable bonds is 4. The third-order valence-electron chi connectivity index (χ3n) is 3.66. The summed E-state index contributed by atoms with van der Waals surface area (Å²) in [6.07, 6.45) is 0. The van der Waals surface area contributed by atoms with Crippen molar-refractivity contribution in [1.29, 1.82) is 0 Å². The molecule has 0 saturated heterocycles. The second-order valence-corrected chi connectivity index (χ2v) is 6.34. The summed E-state index contributed by atoms with van der Waals surface area (Å²) in [5.41, 5.74) is 4.26. The topological polar surface area (TPSA) is 48.2 Å². The van der Waals surface area contributed by atoms with Gasteiger partial charge in [0.25, 0.3) is 5.89 Å². The highest BCUT2D eigenvalue weighted by atomic mass is 79.9. The highest BCUT2D eigenvalue weighted by Crippen LogP contribution is 2.27. The third-order valence-corrected chi connectivity index (χ3v) is 4.52. The summed E-state index contributed by atoms with van der Waals surface area (Å²) in [6, 6.07) is 12.0. The Morgan fingerprint density at radius 3 is 2.61 bits per heavy atom. The van der Waals surface area contributed by atoms with Crippen LogP contribution in [-0.4, -0.2) is 10.1 Å². The molecular formula is C18H17BrN2O2. The Hall–Kier alpha value is -2.14. The molecule has 5 heteroatoms. The number of aryl methyl sites for hydroxylation is 3. The van der Waals surface area contributed by atoms with E-state index in [9.17, 15) is 0 Å². The molecule has 3 rings (SSSR count). The molecule has 0 bridgehead atoms. The van der Waals surface area contributed by atoms with Crippen molar-refractivity contribution >= 4 is 15.9 Å². The van der Waals surface area contributed by atoms with Gasteiger partial charge in [0, 0.05) is 10.0 Å². The van der Waals surface area contributed by atoms with Crippen molar-refractivity contribution in [3.63, 3.8) is 0 Å². The fraction of sp³-hybridized carbons (Fsp3) is 0.222. The van der Waals surface area contributed by atoms with Crippen molar-refractivity contribution < 1.29 is 9.26 Å². The van der Waals surface area contributed by atoms with Crippen molar-refractivity contribution in [2.24, 2.45) is 0 Å². The summed E-state index contributed by atoms with van der Waals surface area (Å²) in [5.74, 6) is 1.87. The Labute approximate surface area is 143 Å². The van der Waals surface area contributed by atoms with E-state index >= 15 is 0 Å². The van der Waals surface area contributed by atoms with E-state index in [-0.39, 0.29) is 6.61 Å². The number of ether oxygens (including phenoxy) is 1. The van der Waals surface area contributed by atoms with Crippen LogP contribution in [0.25, 0.3) is 11.4 Å². The molecule has 4 nitrogen and oxygen atoms in total. The van der Waals surface area contributed by atoms with Crippen LogP contribution in [-0.2, 0) is 6.61 Å². The van der Waals surface area contributed by atoms with Gasteiger partial charge in [0.05, 0.1) is 0 Å². The fourth-order valence-corrected chi connectivity index (χ4v) is 2.75. The van der Waals surface area contributed by atoms with Gasteiger partial charge in [-0.1, -0.05) is 45.4 Å². The Morgan fingerprint density at radius 2 is 1.83 bits per heavy atom. The van der Waals surface area contributed by atoms with Gasteiger partial charge in [0.2, 0.25) is 5.82 Å². The van der Waals surface area contributed by atoms with E-state index in [1.54, 1.807) is 0 Å². The van der Waals surface area contributed by atoms with Crippen LogP contribution in [0.3, 0.4) is 0 Å². The summed E-state index contributed by atoms with van der Waals surface area (Å²) in [5, 5.41) is 4.04. The summed E-state index contributed by atoms with van der Waals surface area (Å²) < 4.78 is 12.2.